The van der Waals surface area contributed by atoms with Crippen molar-refractivity contribution in [2.45, 2.75) is 102 Å². The molecule has 0 atom stereocenters. The molecule has 158 valence electrons. The third-order valence-electron chi connectivity index (χ3n) is 4.34. The SMILES string of the molecule is CCCCCCCCCCCCCCCCSC(P(=O)(O)O)P(=O)(O)O. The summed E-state index contributed by atoms with van der Waals surface area (Å²) >= 11 is 0.693. The highest BCUT2D eigenvalue weighted by molar-refractivity contribution is 8.12. The molecule has 0 radical (unpaired) electrons. The van der Waals surface area contributed by atoms with Crippen LogP contribution >= 0.6 is 27.0 Å². The standard InChI is InChI=1S/C17H38O6P2S/c1-2-3-4-5-6-7-8-9-10-11-12-13-14-15-16-26-17(24(18,19)20)25(21,22)23/h17H,2-16H2,1H3,(H2,18,19,20)(H2,21,22,23). The van der Waals surface area contributed by atoms with E-state index in [9.17, 15) is 9.13 Å². The second-order valence-electron chi connectivity index (χ2n) is 6.97. The van der Waals surface area contributed by atoms with Gasteiger partial charge in [0.2, 0.25) is 4.73 Å². The molecule has 0 bridgehead atoms. The van der Waals surface area contributed by atoms with Gasteiger partial charge in [0.25, 0.3) is 0 Å². The highest BCUT2D eigenvalue weighted by atomic mass is 32.2. The summed E-state index contributed by atoms with van der Waals surface area (Å²) < 4.78 is 20.4. The molecule has 0 aliphatic heterocycles. The van der Waals surface area contributed by atoms with E-state index in [0.29, 0.717) is 17.5 Å². The fourth-order valence-electron chi connectivity index (χ4n) is 2.88. The van der Waals surface area contributed by atoms with Gasteiger partial charge in [-0.3, -0.25) is 9.13 Å². The zero-order chi connectivity index (χ0) is 19.9. The quantitative estimate of drug-likeness (QED) is 0.159. The molecule has 0 aromatic rings. The highest BCUT2D eigenvalue weighted by Gasteiger charge is 2.43. The van der Waals surface area contributed by atoms with Gasteiger partial charge in [-0.2, -0.15) is 0 Å². The molecule has 0 spiro atoms. The van der Waals surface area contributed by atoms with E-state index in [1.54, 1.807) is 0 Å². The van der Waals surface area contributed by atoms with Crippen molar-refractivity contribution in [1.82, 2.24) is 0 Å². The van der Waals surface area contributed by atoms with E-state index >= 15 is 0 Å². The Bertz CT molecular complexity index is 401. The molecule has 6 nitrogen and oxygen atoms in total. The second-order valence-corrected chi connectivity index (χ2v) is 12.7. The van der Waals surface area contributed by atoms with E-state index < -0.39 is 19.9 Å². The Morgan fingerprint density at radius 1 is 0.615 bits per heavy atom. The average molecular weight is 432 g/mol. The molecule has 0 aromatic heterocycles. The first-order valence-corrected chi connectivity index (χ1v) is 14.3. The normalized spacial score (nSPS) is 12.8. The molecule has 0 heterocycles. The summed E-state index contributed by atoms with van der Waals surface area (Å²) in [4.78, 5) is 36.1. The molecule has 0 aliphatic carbocycles. The lowest BCUT2D eigenvalue weighted by Gasteiger charge is -2.18. The summed E-state index contributed by atoms with van der Waals surface area (Å²) in [5, 5.41) is 0. The van der Waals surface area contributed by atoms with Gasteiger partial charge in [0.1, 0.15) is 0 Å². The van der Waals surface area contributed by atoms with Gasteiger partial charge in [0.15, 0.2) is 0 Å². The molecule has 26 heavy (non-hydrogen) atoms. The average Bonchev–Trinajstić information content (AvgIpc) is 2.52. The minimum absolute atomic E-state index is 0.360. The summed E-state index contributed by atoms with van der Waals surface area (Å²) in [5.41, 5.74) is 0. The third kappa shape index (κ3) is 15.7. The molecule has 0 fully saturated rings. The molecular weight excluding hydrogens is 394 g/mol. The molecule has 0 aromatic carbocycles. The highest BCUT2D eigenvalue weighted by Crippen LogP contribution is 2.64. The van der Waals surface area contributed by atoms with Crippen LogP contribution in [0.25, 0.3) is 0 Å². The summed E-state index contributed by atoms with van der Waals surface area (Å²) in [7, 11) is -9.57. The van der Waals surface area contributed by atoms with Crippen LogP contribution in [0.2, 0.25) is 0 Å². The van der Waals surface area contributed by atoms with Crippen LogP contribution in [0.5, 0.6) is 0 Å². The minimum Gasteiger partial charge on any atom is -0.323 e. The van der Waals surface area contributed by atoms with Crippen molar-refractivity contribution in [2.24, 2.45) is 0 Å². The lowest BCUT2D eigenvalue weighted by molar-refractivity contribution is 0.352. The van der Waals surface area contributed by atoms with Gasteiger partial charge in [-0.05, 0) is 12.2 Å². The van der Waals surface area contributed by atoms with Gasteiger partial charge < -0.3 is 19.6 Å². The maximum absolute atomic E-state index is 11.1. The van der Waals surface area contributed by atoms with Gasteiger partial charge >= 0.3 is 15.2 Å². The third-order valence-corrected chi connectivity index (χ3v) is 10.7. The smallest absolute Gasteiger partial charge is 0.323 e. The largest absolute Gasteiger partial charge is 0.350 e. The van der Waals surface area contributed by atoms with E-state index in [2.05, 4.69) is 6.92 Å². The maximum Gasteiger partial charge on any atom is 0.350 e. The van der Waals surface area contributed by atoms with Gasteiger partial charge in [0, 0.05) is 0 Å². The van der Waals surface area contributed by atoms with Crippen LogP contribution in [0.4, 0.5) is 0 Å². The first-order chi connectivity index (χ1) is 12.2. The van der Waals surface area contributed by atoms with Gasteiger partial charge in [0.05, 0.1) is 0 Å². The second kappa shape index (κ2) is 15.6. The van der Waals surface area contributed by atoms with Crippen molar-refractivity contribution in [1.29, 1.82) is 0 Å². The number of thioether (sulfide) groups is 1. The Morgan fingerprint density at radius 3 is 1.23 bits per heavy atom. The van der Waals surface area contributed by atoms with Gasteiger partial charge in [-0.25, -0.2) is 0 Å². The van der Waals surface area contributed by atoms with Crippen molar-refractivity contribution in [3.63, 3.8) is 0 Å². The van der Waals surface area contributed by atoms with Crippen LogP contribution < -0.4 is 0 Å². The Balaban J connectivity index is 3.46. The molecule has 0 saturated carbocycles. The summed E-state index contributed by atoms with van der Waals surface area (Å²) in [6.07, 6.45) is 17.1. The predicted molar refractivity (Wildman–Crippen MR) is 111 cm³/mol. The van der Waals surface area contributed by atoms with Crippen LogP contribution in [-0.4, -0.2) is 30.1 Å². The molecule has 0 rings (SSSR count). The Morgan fingerprint density at radius 2 is 0.923 bits per heavy atom. The fourth-order valence-corrected chi connectivity index (χ4v) is 7.21. The minimum atomic E-state index is -4.79. The zero-order valence-electron chi connectivity index (χ0n) is 16.1. The van der Waals surface area contributed by atoms with Crippen molar-refractivity contribution >= 4 is 27.0 Å². The van der Waals surface area contributed by atoms with E-state index in [-0.39, 0.29) is 0 Å². The Kier molecular flexibility index (Phi) is 15.9. The number of unbranched alkanes of at least 4 members (excludes halogenated alkanes) is 13. The number of hydrogen-bond donors (Lipinski definition) is 4. The summed E-state index contributed by atoms with van der Waals surface area (Å²) in [5.74, 6) is 0.360. The van der Waals surface area contributed by atoms with Crippen molar-refractivity contribution in [3.8, 4) is 0 Å². The van der Waals surface area contributed by atoms with Gasteiger partial charge in [-0.15, -0.1) is 11.8 Å². The molecular formula is C17H38O6P2S. The van der Waals surface area contributed by atoms with Crippen LogP contribution in [-0.2, 0) is 9.13 Å². The van der Waals surface area contributed by atoms with Crippen LogP contribution in [0.1, 0.15) is 96.8 Å². The lowest BCUT2D eigenvalue weighted by atomic mass is 10.0. The Labute approximate surface area is 163 Å². The van der Waals surface area contributed by atoms with Gasteiger partial charge in [-0.1, -0.05) is 90.4 Å². The van der Waals surface area contributed by atoms with Crippen molar-refractivity contribution in [3.05, 3.63) is 0 Å². The first-order valence-electron chi connectivity index (χ1n) is 9.91. The maximum atomic E-state index is 11.1. The Hall–Kier alpha value is 0.650. The van der Waals surface area contributed by atoms with E-state index in [0.717, 1.165) is 25.7 Å². The van der Waals surface area contributed by atoms with Crippen LogP contribution in [0.15, 0.2) is 0 Å². The van der Waals surface area contributed by atoms with Crippen molar-refractivity contribution in [2.75, 3.05) is 5.75 Å². The summed E-state index contributed by atoms with van der Waals surface area (Å²) in [6.45, 7) is 2.24. The zero-order valence-corrected chi connectivity index (χ0v) is 18.7. The van der Waals surface area contributed by atoms with Crippen molar-refractivity contribution < 1.29 is 28.7 Å². The van der Waals surface area contributed by atoms with E-state index in [1.807, 2.05) is 0 Å². The van der Waals surface area contributed by atoms with E-state index in [1.165, 1.54) is 64.2 Å². The van der Waals surface area contributed by atoms with Crippen LogP contribution in [0, 0.1) is 0 Å². The predicted octanol–water partition coefficient (Wildman–Crippen LogP) is 5.84. The molecule has 0 aliphatic rings. The van der Waals surface area contributed by atoms with E-state index in [4.69, 9.17) is 19.6 Å². The first kappa shape index (κ1) is 26.6. The number of rotatable bonds is 18. The monoisotopic (exact) mass is 432 g/mol. The van der Waals surface area contributed by atoms with Crippen LogP contribution in [0.3, 0.4) is 0 Å². The number of hydrogen-bond acceptors (Lipinski definition) is 3. The topological polar surface area (TPSA) is 115 Å². The molecule has 0 saturated heterocycles. The molecule has 0 amide bonds. The summed E-state index contributed by atoms with van der Waals surface area (Å²) in [6, 6.07) is 0. The molecule has 0 unspecified atom stereocenters. The lowest BCUT2D eigenvalue weighted by Crippen LogP contribution is -2.05. The molecule has 4 N–H and O–H groups in total. The molecule has 9 heteroatoms. The fraction of sp³-hybridized carbons (Fsp3) is 1.00.